The van der Waals surface area contributed by atoms with Crippen LogP contribution in [0.4, 0.5) is 10.5 Å². The number of carbonyl (C=O) groups is 2. The lowest BCUT2D eigenvalue weighted by molar-refractivity contribution is -0.121. The summed E-state index contributed by atoms with van der Waals surface area (Å²) in [5.41, 5.74) is 1.67. The first-order chi connectivity index (χ1) is 13.3. The lowest BCUT2D eigenvalue weighted by Crippen LogP contribution is -2.47. The first-order valence-electron chi connectivity index (χ1n) is 9.66. The summed E-state index contributed by atoms with van der Waals surface area (Å²) < 4.78 is 0. The van der Waals surface area contributed by atoms with Gasteiger partial charge < -0.3 is 15.5 Å². The summed E-state index contributed by atoms with van der Waals surface area (Å²) in [6.07, 6.45) is 1.62. The summed E-state index contributed by atoms with van der Waals surface area (Å²) in [7, 11) is 0. The van der Waals surface area contributed by atoms with Crippen LogP contribution in [-0.4, -0.2) is 34.9 Å². The monoisotopic (exact) mass is 400 g/mol. The van der Waals surface area contributed by atoms with Crippen molar-refractivity contribution in [3.63, 3.8) is 0 Å². The predicted octanol–water partition coefficient (Wildman–Crippen LogP) is 4.00. The number of nitrogens with zero attached hydrogens (tertiary/aromatic N) is 2. The van der Waals surface area contributed by atoms with Crippen molar-refractivity contribution in [2.45, 2.75) is 45.6 Å². The topological polar surface area (TPSA) is 74.3 Å². The van der Waals surface area contributed by atoms with E-state index in [2.05, 4.69) is 36.4 Å². The van der Waals surface area contributed by atoms with Crippen LogP contribution in [0.2, 0.25) is 0 Å². The van der Waals surface area contributed by atoms with Crippen molar-refractivity contribution in [3.8, 4) is 0 Å². The van der Waals surface area contributed by atoms with Crippen molar-refractivity contribution in [3.05, 3.63) is 46.4 Å². The number of piperidine rings is 1. The highest BCUT2D eigenvalue weighted by atomic mass is 32.1. The van der Waals surface area contributed by atoms with E-state index in [0.29, 0.717) is 19.6 Å². The van der Waals surface area contributed by atoms with Crippen LogP contribution >= 0.6 is 11.3 Å². The molecule has 1 aromatic heterocycles. The number of rotatable bonds is 4. The molecule has 7 heteroatoms. The quantitative estimate of drug-likeness (QED) is 0.815. The number of hydrogen-bond donors (Lipinski definition) is 2. The van der Waals surface area contributed by atoms with Gasteiger partial charge in [0, 0.05) is 29.6 Å². The van der Waals surface area contributed by atoms with E-state index in [1.165, 1.54) is 0 Å². The SMILES string of the molecule is CC(C)(C)c1nc(CNC(=O)N2CCCC(C(=O)Nc3ccccc3)C2)cs1. The summed E-state index contributed by atoms with van der Waals surface area (Å²) in [5.74, 6) is -0.218. The Labute approximate surface area is 170 Å². The van der Waals surface area contributed by atoms with Gasteiger partial charge in [0.2, 0.25) is 5.91 Å². The number of para-hydroxylation sites is 1. The summed E-state index contributed by atoms with van der Waals surface area (Å²) in [6, 6.07) is 9.28. The van der Waals surface area contributed by atoms with Gasteiger partial charge in [-0.05, 0) is 25.0 Å². The van der Waals surface area contributed by atoms with Crippen molar-refractivity contribution >= 4 is 29.0 Å². The minimum atomic E-state index is -0.188. The molecule has 150 valence electrons. The second kappa shape index (κ2) is 8.73. The molecule has 1 aromatic carbocycles. The van der Waals surface area contributed by atoms with Crippen molar-refractivity contribution in [2.24, 2.45) is 5.92 Å². The molecule has 0 spiro atoms. The van der Waals surface area contributed by atoms with Gasteiger partial charge in [-0.15, -0.1) is 11.3 Å². The molecule has 1 atom stereocenters. The largest absolute Gasteiger partial charge is 0.332 e. The molecule has 1 aliphatic heterocycles. The maximum absolute atomic E-state index is 12.6. The molecule has 2 aromatic rings. The number of thiazole rings is 1. The van der Waals surface area contributed by atoms with Crippen LogP contribution < -0.4 is 10.6 Å². The lowest BCUT2D eigenvalue weighted by Gasteiger charge is -2.32. The number of carbonyl (C=O) groups excluding carboxylic acids is 2. The Morgan fingerprint density at radius 1 is 1.25 bits per heavy atom. The highest BCUT2D eigenvalue weighted by Crippen LogP contribution is 2.25. The third-order valence-corrected chi connectivity index (χ3v) is 6.05. The molecular weight excluding hydrogens is 372 g/mol. The van der Waals surface area contributed by atoms with Crippen LogP contribution in [-0.2, 0) is 16.8 Å². The minimum absolute atomic E-state index is 0.0130. The van der Waals surface area contributed by atoms with Gasteiger partial charge in [-0.3, -0.25) is 4.79 Å². The molecule has 2 N–H and O–H groups in total. The number of amides is 3. The number of aromatic nitrogens is 1. The Balaban J connectivity index is 1.51. The maximum atomic E-state index is 12.6. The average molecular weight is 401 g/mol. The van der Waals surface area contributed by atoms with Crippen LogP contribution in [0.25, 0.3) is 0 Å². The molecule has 0 saturated carbocycles. The van der Waals surface area contributed by atoms with Crippen LogP contribution in [0.3, 0.4) is 0 Å². The van der Waals surface area contributed by atoms with Crippen molar-refractivity contribution in [2.75, 3.05) is 18.4 Å². The van der Waals surface area contributed by atoms with E-state index in [9.17, 15) is 9.59 Å². The minimum Gasteiger partial charge on any atom is -0.332 e. The van der Waals surface area contributed by atoms with Gasteiger partial charge in [0.1, 0.15) is 0 Å². The Bertz CT molecular complexity index is 813. The van der Waals surface area contributed by atoms with Crippen molar-refractivity contribution in [1.29, 1.82) is 0 Å². The fourth-order valence-corrected chi connectivity index (χ4v) is 4.06. The van der Waals surface area contributed by atoms with Crippen molar-refractivity contribution < 1.29 is 9.59 Å². The maximum Gasteiger partial charge on any atom is 0.317 e. The third-order valence-electron chi connectivity index (χ3n) is 4.73. The molecular formula is C21H28N4O2S. The van der Waals surface area contributed by atoms with Gasteiger partial charge in [-0.2, -0.15) is 0 Å². The first-order valence-corrected chi connectivity index (χ1v) is 10.5. The van der Waals surface area contributed by atoms with Crippen LogP contribution in [0.5, 0.6) is 0 Å². The van der Waals surface area contributed by atoms with Gasteiger partial charge in [-0.25, -0.2) is 9.78 Å². The van der Waals surface area contributed by atoms with E-state index in [1.807, 2.05) is 35.7 Å². The molecule has 28 heavy (non-hydrogen) atoms. The number of urea groups is 1. The molecule has 1 fully saturated rings. The van der Waals surface area contributed by atoms with Gasteiger partial charge in [-0.1, -0.05) is 39.0 Å². The van der Waals surface area contributed by atoms with E-state index in [4.69, 9.17) is 0 Å². The summed E-state index contributed by atoms with van der Waals surface area (Å²) in [5, 5.41) is 8.94. The van der Waals surface area contributed by atoms with Crippen LogP contribution in [0, 0.1) is 5.92 Å². The zero-order valence-corrected chi connectivity index (χ0v) is 17.5. The summed E-state index contributed by atoms with van der Waals surface area (Å²) >= 11 is 1.62. The molecule has 0 aliphatic carbocycles. The molecule has 0 bridgehead atoms. The van der Waals surface area contributed by atoms with Gasteiger partial charge in [0.15, 0.2) is 0 Å². The number of likely N-dealkylation sites (tertiary alicyclic amines) is 1. The molecule has 2 heterocycles. The van der Waals surface area contributed by atoms with E-state index in [1.54, 1.807) is 16.2 Å². The molecule has 0 radical (unpaired) electrons. The summed E-state index contributed by atoms with van der Waals surface area (Å²) in [4.78, 5) is 31.4. The molecule has 3 amide bonds. The zero-order valence-electron chi connectivity index (χ0n) is 16.7. The lowest BCUT2D eigenvalue weighted by atomic mass is 9.97. The van der Waals surface area contributed by atoms with Crippen LogP contribution in [0.15, 0.2) is 35.7 Å². The first kappa shape index (κ1) is 20.3. The van der Waals surface area contributed by atoms with Crippen molar-refractivity contribution in [1.82, 2.24) is 15.2 Å². The number of nitrogens with one attached hydrogen (secondary N) is 2. The van der Waals surface area contributed by atoms with E-state index >= 15 is 0 Å². The second-order valence-electron chi connectivity index (χ2n) is 8.19. The Morgan fingerprint density at radius 2 is 2.00 bits per heavy atom. The van der Waals surface area contributed by atoms with E-state index in [-0.39, 0.29) is 23.3 Å². The normalized spacial score (nSPS) is 17.2. The third kappa shape index (κ3) is 5.32. The number of benzene rings is 1. The Morgan fingerprint density at radius 3 is 2.68 bits per heavy atom. The molecule has 6 nitrogen and oxygen atoms in total. The van der Waals surface area contributed by atoms with Crippen LogP contribution in [0.1, 0.15) is 44.3 Å². The number of hydrogen-bond acceptors (Lipinski definition) is 4. The molecule has 1 aliphatic rings. The fraction of sp³-hybridized carbons (Fsp3) is 0.476. The molecule has 1 saturated heterocycles. The standard InChI is InChI=1S/C21H28N4O2S/c1-21(2,3)19-24-17(14-28-19)12-22-20(27)25-11-7-8-15(13-25)18(26)23-16-9-5-4-6-10-16/h4-6,9-10,14-15H,7-8,11-13H2,1-3H3,(H,22,27)(H,23,26). The highest BCUT2D eigenvalue weighted by molar-refractivity contribution is 7.09. The number of anilines is 1. The second-order valence-corrected chi connectivity index (χ2v) is 9.05. The fourth-order valence-electron chi connectivity index (χ4n) is 3.15. The van der Waals surface area contributed by atoms with Gasteiger partial charge in [0.05, 0.1) is 23.2 Å². The Hall–Kier alpha value is -2.41. The van der Waals surface area contributed by atoms with E-state index in [0.717, 1.165) is 29.2 Å². The zero-order chi connectivity index (χ0) is 20.1. The highest BCUT2D eigenvalue weighted by Gasteiger charge is 2.28. The van der Waals surface area contributed by atoms with Gasteiger partial charge in [0.25, 0.3) is 0 Å². The van der Waals surface area contributed by atoms with E-state index < -0.39 is 0 Å². The van der Waals surface area contributed by atoms with Gasteiger partial charge >= 0.3 is 6.03 Å². The Kier molecular flexibility index (Phi) is 6.34. The summed E-state index contributed by atoms with van der Waals surface area (Å²) in [6.45, 7) is 7.90. The average Bonchev–Trinajstić information content (AvgIpc) is 3.16. The molecule has 3 rings (SSSR count). The smallest absolute Gasteiger partial charge is 0.317 e. The predicted molar refractivity (Wildman–Crippen MR) is 112 cm³/mol. The molecule has 1 unspecified atom stereocenters.